The van der Waals surface area contributed by atoms with Gasteiger partial charge in [-0.25, -0.2) is 0 Å². The first-order chi connectivity index (χ1) is 7.04. The molecule has 0 aromatic heterocycles. The number of fused-ring (bicyclic) bond motifs is 1. The zero-order valence-corrected chi connectivity index (χ0v) is 9.24. The highest BCUT2D eigenvalue weighted by atomic mass is 79.9. The molecule has 5 heteroatoms. The summed E-state index contributed by atoms with van der Waals surface area (Å²) in [5.41, 5.74) is 1.35. The number of hydrogen-bond donors (Lipinski definition) is 2. The van der Waals surface area contributed by atoms with E-state index in [1.54, 1.807) is 24.3 Å². The smallest absolute Gasteiger partial charge is 0.305 e. The van der Waals surface area contributed by atoms with Crippen LogP contribution in [0.5, 0.6) is 0 Å². The zero-order chi connectivity index (χ0) is 11.1. The highest BCUT2D eigenvalue weighted by molar-refractivity contribution is 9.10. The van der Waals surface area contributed by atoms with Crippen LogP contribution < -0.4 is 5.32 Å². The summed E-state index contributed by atoms with van der Waals surface area (Å²) >= 11 is 3.22. The van der Waals surface area contributed by atoms with E-state index < -0.39 is 10.3 Å². The monoisotopic (exact) mass is 269 g/mol. The number of rotatable bonds is 2. The highest BCUT2D eigenvalue weighted by Gasteiger charge is 2.46. The van der Waals surface area contributed by atoms with Crippen LogP contribution in [0.3, 0.4) is 0 Å². The van der Waals surface area contributed by atoms with E-state index in [0.29, 0.717) is 11.3 Å². The van der Waals surface area contributed by atoms with Crippen molar-refractivity contribution in [3.63, 3.8) is 0 Å². The largest absolute Gasteiger partial charge is 0.481 e. The SMILES string of the molecule is O=C(O)C[C@@]1(Br)C(=O)Nc2ccccc21. The van der Waals surface area contributed by atoms with E-state index in [1.807, 2.05) is 0 Å². The van der Waals surface area contributed by atoms with Gasteiger partial charge in [0.05, 0.1) is 6.42 Å². The molecule has 0 saturated heterocycles. The van der Waals surface area contributed by atoms with E-state index in [-0.39, 0.29) is 12.3 Å². The fourth-order valence-corrected chi connectivity index (χ4v) is 2.35. The lowest BCUT2D eigenvalue weighted by molar-refractivity contribution is -0.139. The van der Waals surface area contributed by atoms with Crippen molar-refractivity contribution in [3.05, 3.63) is 29.8 Å². The van der Waals surface area contributed by atoms with Crippen molar-refractivity contribution in [3.8, 4) is 0 Å². The predicted molar refractivity (Wildman–Crippen MR) is 57.9 cm³/mol. The molecule has 1 aliphatic heterocycles. The molecule has 1 aliphatic rings. The molecule has 2 N–H and O–H groups in total. The van der Waals surface area contributed by atoms with E-state index in [0.717, 1.165) is 0 Å². The van der Waals surface area contributed by atoms with Gasteiger partial charge in [-0.2, -0.15) is 0 Å². The number of amides is 1. The van der Waals surface area contributed by atoms with Crippen molar-refractivity contribution in [1.82, 2.24) is 0 Å². The molecule has 1 heterocycles. The van der Waals surface area contributed by atoms with E-state index in [1.165, 1.54) is 0 Å². The van der Waals surface area contributed by atoms with Crippen LogP contribution >= 0.6 is 15.9 Å². The molecule has 2 rings (SSSR count). The van der Waals surface area contributed by atoms with Gasteiger partial charge < -0.3 is 10.4 Å². The van der Waals surface area contributed by atoms with E-state index in [4.69, 9.17) is 5.11 Å². The lowest BCUT2D eigenvalue weighted by Crippen LogP contribution is -2.30. The van der Waals surface area contributed by atoms with E-state index >= 15 is 0 Å². The average Bonchev–Trinajstić information content (AvgIpc) is 2.39. The summed E-state index contributed by atoms with van der Waals surface area (Å²) in [6.45, 7) is 0. The Morgan fingerprint density at radius 3 is 2.80 bits per heavy atom. The number of anilines is 1. The quantitative estimate of drug-likeness (QED) is 0.804. The van der Waals surface area contributed by atoms with Crippen LogP contribution in [0.25, 0.3) is 0 Å². The topological polar surface area (TPSA) is 66.4 Å². The Balaban J connectivity index is 2.49. The Morgan fingerprint density at radius 2 is 2.13 bits per heavy atom. The van der Waals surface area contributed by atoms with Gasteiger partial charge in [-0.1, -0.05) is 34.1 Å². The number of aliphatic carboxylic acids is 1. The fourth-order valence-electron chi connectivity index (χ4n) is 1.67. The highest BCUT2D eigenvalue weighted by Crippen LogP contribution is 2.44. The van der Waals surface area contributed by atoms with Gasteiger partial charge in [0, 0.05) is 11.3 Å². The summed E-state index contributed by atoms with van der Waals surface area (Å²) in [6, 6.07) is 7.05. The Kier molecular flexibility index (Phi) is 2.26. The molecule has 0 fully saturated rings. The first-order valence-electron chi connectivity index (χ1n) is 4.36. The van der Waals surface area contributed by atoms with Crippen molar-refractivity contribution in [2.45, 2.75) is 10.7 Å². The second-order valence-corrected chi connectivity index (χ2v) is 4.73. The molecule has 1 atom stereocenters. The van der Waals surface area contributed by atoms with Crippen LogP contribution in [0.15, 0.2) is 24.3 Å². The van der Waals surface area contributed by atoms with E-state index in [2.05, 4.69) is 21.2 Å². The van der Waals surface area contributed by atoms with Crippen molar-refractivity contribution < 1.29 is 14.7 Å². The number of para-hydroxylation sites is 1. The first-order valence-corrected chi connectivity index (χ1v) is 5.15. The van der Waals surface area contributed by atoms with Crippen LogP contribution in [0.4, 0.5) is 5.69 Å². The fraction of sp³-hybridized carbons (Fsp3) is 0.200. The Hall–Kier alpha value is -1.36. The molecule has 0 aliphatic carbocycles. The van der Waals surface area contributed by atoms with Crippen LogP contribution in [0.2, 0.25) is 0 Å². The summed E-state index contributed by atoms with van der Waals surface area (Å²) in [5.74, 6) is -1.34. The van der Waals surface area contributed by atoms with Crippen molar-refractivity contribution in [2.75, 3.05) is 5.32 Å². The summed E-state index contributed by atoms with van der Waals surface area (Å²) in [5, 5.41) is 11.4. The van der Waals surface area contributed by atoms with Gasteiger partial charge >= 0.3 is 5.97 Å². The number of nitrogens with one attached hydrogen (secondary N) is 1. The van der Waals surface area contributed by atoms with Gasteiger partial charge in [-0.3, -0.25) is 9.59 Å². The van der Waals surface area contributed by atoms with Gasteiger partial charge in [-0.05, 0) is 6.07 Å². The van der Waals surface area contributed by atoms with Crippen molar-refractivity contribution in [1.29, 1.82) is 0 Å². The lowest BCUT2D eigenvalue weighted by atomic mass is 9.97. The number of carboxylic acid groups (broad SMARTS) is 1. The minimum Gasteiger partial charge on any atom is -0.481 e. The average molecular weight is 270 g/mol. The molecule has 4 nitrogen and oxygen atoms in total. The molecular formula is C10H8BrNO3. The Labute approximate surface area is 94.4 Å². The minimum atomic E-state index is -1.13. The molecule has 0 unspecified atom stereocenters. The first kappa shape index (κ1) is 10.2. The maximum absolute atomic E-state index is 11.7. The molecular weight excluding hydrogens is 262 g/mol. The number of carbonyl (C=O) groups excluding carboxylic acids is 1. The maximum Gasteiger partial charge on any atom is 0.305 e. The summed E-state index contributed by atoms with van der Waals surface area (Å²) in [6.07, 6.45) is -0.268. The number of alkyl halides is 1. The maximum atomic E-state index is 11.7. The third-order valence-electron chi connectivity index (χ3n) is 2.36. The molecule has 0 bridgehead atoms. The van der Waals surface area contributed by atoms with Crippen molar-refractivity contribution >= 4 is 33.5 Å². The molecule has 1 aromatic rings. The van der Waals surface area contributed by atoms with Crippen LogP contribution in [0, 0.1) is 0 Å². The molecule has 0 spiro atoms. The minimum absolute atomic E-state index is 0.268. The van der Waals surface area contributed by atoms with Crippen LogP contribution in [0.1, 0.15) is 12.0 Å². The molecule has 1 amide bonds. The lowest BCUT2D eigenvalue weighted by Gasteiger charge is -2.16. The third-order valence-corrected chi connectivity index (χ3v) is 3.42. The van der Waals surface area contributed by atoms with Crippen LogP contribution in [-0.4, -0.2) is 17.0 Å². The standard InChI is InChI=1S/C10H8BrNO3/c11-10(5-8(13)14)6-3-1-2-4-7(6)12-9(10)15/h1-4H,5H2,(H,12,15)(H,13,14)/t10-/m0/s1. The Bertz CT molecular complexity index is 446. The Morgan fingerprint density at radius 1 is 1.47 bits per heavy atom. The van der Waals surface area contributed by atoms with E-state index in [9.17, 15) is 9.59 Å². The van der Waals surface area contributed by atoms with Gasteiger partial charge in [0.2, 0.25) is 5.91 Å². The number of carbonyl (C=O) groups is 2. The third kappa shape index (κ3) is 1.52. The predicted octanol–water partition coefficient (Wildman–Crippen LogP) is 1.70. The molecule has 0 radical (unpaired) electrons. The molecule has 1 aromatic carbocycles. The summed E-state index contributed by atoms with van der Waals surface area (Å²) in [4.78, 5) is 22.4. The van der Waals surface area contributed by atoms with Gasteiger partial charge in [0.25, 0.3) is 0 Å². The molecule has 78 valence electrons. The summed E-state index contributed by atoms with van der Waals surface area (Å²) < 4.78 is -1.13. The van der Waals surface area contributed by atoms with Gasteiger partial charge in [0.15, 0.2) is 0 Å². The van der Waals surface area contributed by atoms with Gasteiger partial charge in [-0.15, -0.1) is 0 Å². The number of benzene rings is 1. The zero-order valence-electron chi connectivity index (χ0n) is 7.66. The second kappa shape index (κ2) is 3.34. The van der Waals surface area contributed by atoms with Crippen molar-refractivity contribution in [2.24, 2.45) is 0 Å². The number of hydrogen-bond acceptors (Lipinski definition) is 2. The summed E-state index contributed by atoms with van der Waals surface area (Å²) in [7, 11) is 0. The van der Waals surface area contributed by atoms with Gasteiger partial charge in [0.1, 0.15) is 4.32 Å². The normalized spacial score (nSPS) is 23.4. The molecule has 15 heavy (non-hydrogen) atoms. The van der Waals surface area contributed by atoms with Crippen LogP contribution in [-0.2, 0) is 13.9 Å². The molecule has 0 saturated carbocycles. The number of halogens is 1. The number of carboxylic acids is 1. The second-order valence-electron chi connectivity index (χ2n) is 3.37.